The van der Waals surface area contributed by atoms with E-state index in [1.54, 1.807) is 11.3 Å². The molecule has 2 nitrogen and oxygen atoms in total. The third-order valence-electron chi connectivity index (χ3n) is 4.63. The molecule has 0 saturated carbocycles. The van der Waals surface area contributed by atoms with Gasteiger partial charge in [-0.15, -0.1) is 4.40 Å². The van der Waals surface area contributed by atoms with E-state index in [1.165, 1.54) is 0 Å². The molecule has 2 heterocycles. The van der Waals surface area contributed by atoms with E-state index in [2.05, 4.69) is 42.5 Å². The largest absolute Gasteiger partial charge is 0.459 e. The molecule has 0 fully saturated rings. The average molecular weight is 354 g/mol. The van der Waals surface area contributed by atoms with Gasteiger partial charge in [0.2, 0.25) is 5.69 Å². The lowest BCUT2D eigenvalue weighted by molar-refractivity contribution is -0.505. The summed E-state index contributed by atoms with van der Waals surface area (Å²) in [5, 5.41) is 13.0. The maximum absolute atomic E-state index is 10.8. The van der Waals surface area contributed by atoms with Gasteiger partial charge in [-0.3, -0.25) is 0 Å². The lowest BCUT2D eigenvalue weighted by Crippen LogP contribution is -2.22. The zero-order valence-corrected chi connectivity index (χ0v) is 14.8. The van der Waals surface area contributed by atoms with Gasteiger partial charge in [0.1, 0.15) is 4.88 Å². The van der Waals surface area contributed by atoms with E-state index in [0.717, 1.165) is 37.3 Å². The molecule has 0 aliphatic carbocycles. The van der Waals surface area contributed by atoms with Crippen LogP contribution in [-0.2, 0) is 0 Å². The van der Waals surface area contributed by atoms with Crippen molar-refractivity contribution in [3.05, 3.63) is 91.0 Å². The molecule has 5 aromatic rings. The van der Waals surface area contributed by atoms with Gasteiger partial charge in [-0.1, -0.05) is 78.1 Å². The smallest absolute Gasteiger partial charge is 0.373 e. The van der Waals surface area contributed by atoms with Gasteiger partial charge in [0, 0.05) is 5.56 Å². The Hall–Kier alpha value is -3.17. The molecule has 3 heteroatoms. The standard InChI is InChI=1S/C23H15NOS/c25-20-15-18-13-7-8-14-19(18)23-24(20)21(16-9-3-1-4-10-16)22(26-23)17-11-5-2-6-12-17/h1-15H/p+1. The van der Waals surface area contributed by atoms with Crippen LogP contribution in [0.3, 0.4) is 0 Å². The minimum atomic E-state index is 0.260. The molecule has 0 radical (unpaired) electrons. The number of fused-ring (bicyclic) bond motifs is 3. The van der Waals surface area contributed by atoms with E-state index >= 15 is 0 Å². The van der Waals surface area contributed by atoms with E-state index in [-0.39, 0.29) is 5.88 Å². The van der Waals surface area contributed by atoms with Crippen molar-refractivity contribution in [2.45, 2.75) is 0 Å². The Morgan fingerprint density at radius 1 is 0.692 bits per heavy atom. The molecule has 2 aromatic heterocycles. The maximum atomic E-state index is 10.8. The van der Waals surface area contributed by atoms with Crippen molar-refractivity contribution in [2.75, 3.05) is 0 Å². The first-order valence-corrected chi connectivity index (χ1v) is 9.35. The minimum absolute atomic E-state index is 0.260. The summed E-state index contributed by atoms with van der Waals surface area (Å²) in [6, 6.07) is 30.7. The summed E-state index contributed by atoms with van der Waals surface area (Å²) in [6.07, 6.45) is 0. The Morgan fingerprint density at radius 2 is 1.31 bits per heavy atom. The normalized spacial score (nSPS) is 11.2. The van der Waals surface area contributed by atoms with Gasteiger partial charge in [-0.2, -0.15) is 0 Å². The summed E-state index contributed by atoms with van der Waals surface area (Å²) in [4.78, 5) is 2.21. The molecule has 0 unspecified atom stereocenters. The molecule has 0 aliphatic heterocycles. The summed E-state index contributed by atoms with van der Waals surface area (Å²) in [6.45, 7) is 0. The van der Waals surface area contributed by atoms with Gasteiger partial charge >= 0.3 is 5.88 Å². The van der Waals surface area contributed by atoms with E-state index in [4.69, 9.17) is 0 Å². The summed E-state index contributed by atoms with van der Waals surface area (Å²) >= 11 is 1.72. The Bertz CT molecular complexity index is 1230. The highest BCUT2D eigenvalue weighted by Crippen LogP contribution is 2.39. The fraction of sp³-hybridized carbons (Fsp3) is 0. The molecule has 1 N–H and O–H groups in total. The lowest BCUT2D eigenvalue weighted by atomic mass is 10.1. The number of hydrogen-bond donors (Lipinski definition) is 1. The van der Waals surface area contributed by atoms with Crippen molar-refractivity contribution in [2.24, 2.45) is 0 Å². The molecule has 0 amide bonds. The van der Waals surface area contributed by atoms with Crippen LogP contribution in [0, 0.1) is 0 Å². The predicted molar refractivity (Wildman–Crippen MR) is 108 cm³/mol. The highest BCUT2D eigenvalue weighted by atomic mass is 32.1. The average Bonchev–Trinajstić information content (AvgIpc) is 3.11. The van der Waals surface area contributed by atoms with Crippen molar-refractivity contribution >= 4 is 26.9 Å². The molecule has 26 heavy (non-hydrogen) atoms. The summed E-state index contributed by atoms with van der Waals surface area (Å²) < 4.78 is 1.98. The molecule has 0 bridgehead atoms. The SMILES string of the molecule is Oc1cc2ccccc2c2sc(-c3ccccc3)c(-c3ccccc3)[n+]12. The van der Waals surface area contributed by atoms with Crippen molar-refractivity contribution in [1.82, 2.24) is 0 Å². The van der Waals surface area contributed by atoms with Crippen LogP contribution in [-0.4, -0.2) is 5.11 Å². The van der Waals surface area contributed by atoms with Crippen LogP contribution in [0.15, 0.2) is 91.0 Å². The quantitative estimate of drug-likeness (QED) is 0.405. The first-order chi connectivity index (χ1) is 12.8. The highest BCUT2D eigenvalue weighted by molar-refractivity contribution is 7.21. The highest BCUT2D eigenvalue weighted by Gasteiger charge is 2.28. The molecule has 3 aromatic carbocycles. The van der Waals surface area contributed by atoms with E-state index in [0.29, 0.717) is 0 Å². The minimum Gasteiger partial charge on any atom is -0.459 e. The molecular formula is C23H16NOS+. The number of pyridine rings is 1. The number of nitrogens with zero attached hydrogens (tertiary/aromatic N) is 1. The Labute approximate surface area is 155 Å². The van der Waals surface area contributed by atoms with Gasteiger partial charge < -0.3 is 5.11 Å². The van der Waals surface area contributed by atoms with E-state index < -0.39 is 0 Å². The number of thiazole rings is 1. The van der Waals surface area contributed by atoms with Crippen LogP contribution < -0.4 is 4.40 Å². The van der Waals surface area contributed by atoms with E-state index in [1.807, 2.05) is 52.9 Å². The van der Waals surface area contributed by atoms with Crippen molar-refractivity contribution in [1.29, 1.82) is 0 Å². The second kappa shape index (κ2) is 5.97. The van der Waals surface area contributed by atoms with Crippen LogP contribution >= 0.6 is 11.3 Å². The number of rotatable bonds is 2. The first kappa shape index (κ1) is 15.1. The molecule has 0 spiro atoms. The Kier molecular flexibility index (Phi) is 3.47. The first-order valence-electron chi connectivity index (χ1n) is 8.53. The van der Waals surface area contributed by atoms with Crippen LogP contribution in [0.5, 0.6) is 5.88 Å². The molecule has 5 rings (SSSR count). The third-order valence-corrected chi connectivity index (χ3v) is 5.86. The summed E-state index contributed by atoms with van der Waals surface area (Å²) in [5.41, 5.74) is 3.27. The van der Waals surface area contributed by atoms with Crippen LogP contribution in [0.1, 0.15) is 0 Å². The second-order valence-corrected chi connectivity index (χ2v) is 7.24. The van der Waals surface area contributed by atoms with Gasteiger partial charge in [0.05, 0.1) is 11.5 Å². The number of aromatic nitrogens is 1. The van der Waals surface area contributed by atoms with Crippen molar-refractivity contribution < 1.29 is 9.51 Å². The monoisotopic (exact) mass is 354 g/mol. The number of hydrogen-bond acceptors (Lipinski definition) is 2. The lowest BCUT2D eigenvalue weighted by Gasteiger charge is -2.01. The fourth-order valence-corrected chi connectivity index (χ4v) is 4.78. The molecule has 0 saturated heterocycles. The van der Waals surface area contributed by atoms with E-state index in [9.17, 15) is 5.11 Å². The second-order valence-electron chi connectivity index (χ2n) is 6.24. The van der Waals surface area contributed by atoms with Gasteiger partial charge in [0.25, 0.3) is 4.83 Å². The molecule has 0 atom stereocenters. The van der Waals surface area contributed by atoms with Gasteiger partial charge in [0.15, 0.2) is 0 Å². The summed E-state index contributed by atoms with van der Waals surface area (Å²) in [5.74, 6) is 0.260. The number of aromatic hydroxyl groups is 1. The Morgan fingerprint density at radius 3 is 2.04 bits per heavy atom. The number of benzene rings is 3. The molecule has 124 valence electrons. The third kappa shape index (κ3) is 2.29. The Balaban J connectivity index is 1.98. The van der Waals surface area contributed by atoms with Crippen molar-refractivity contribution in [3.63, 3.8) is 0 Å². The predicted octanol–water partition coefficient (Wildman–Crippen LogP) is 5.68. The van der Waals surface area contributed by atoms with Crippen molar-refractivity contribution in [3.8, 4) is 27.6 Å². The topological polar surface area (TPSA) is 24.3 Å². The zero-order valence-electron chi connectivity index (χ0n) is 14.0. The van der Waals surface area contributed by atoms with Gasteiger partial charge in [-0.05, 0) is 29.1 Å². The van der Waals surface area contributed by atoms with Gasteiger partial charge in [-0.25, -0.2) is 0 Å². The van der Waals surface area contributed by atoms with Crippen LogP contribution in [0.25, 0.3) is 37.3 Å². The zero-order chi connectivity index (χ0) is 17.5. The molecular weight excluding hydrogens is 338 g/mol. The summed E-state index contributed by atoms with van der Waals surface area (Å²) in [7, 11) is 0. The molecule has 0 aliphatic rings. The fourth-order valence-electron chi connectivity index (χ4n) is 3.45. The maximum Gasteiger partial charge on any atom is 0.373 e. The van der Waals surface area contributed by atoms with Crippen LogP contribution in [0.2, 0.25) is 0 Å². The van der Waals surface area contributed by atoms with Crippen LogP contribution in [0.4, 0.5) is 0 Å².